The predicted molar refractivity (Wildman–Crippen MR) is 122 cm³/mol. The number of rotatable bonds is 3. The summed E-state index contributed by atoms with van der Waals surface area (Å²) in [7, 11) is 1.11. The molecular formula is C27H32O11. The summed E-state index contributed by atoms with van der Waals surface area (Å²) in [5.41, 5.74) is -9.42. The SMILES string of the molecule is COC(=O)[C@@H](O)[C@H]1C2(C)CC3(O)C4C(O)(OC56CC(=O)OC(c7ccoc7)C5(C)CCC(C46O)C13C)C2=O. The van der Waals surface area contributed by atoms with Crippen LogP contribution in [0.3, 0.4) is 0 Å². The number of methoxy groups -OCH3 is 1. The minimum absolute atomic E-state index is 0.203. The van der Waals surface area contributed by atoms with Crippen molar-refractivity contribution in [3.63, 3.8) is 0 Å². The molecule has 0 aromatic carbocycles. The molecule has 11 nitrogen and oxygen atoms in total. The van der Waals surface area contributed by atoms with E-state index in [-0.39, 0.29) is 12.8 Å². The second-order valence-corrected chi connectivity index (χ2v) is 13.1. The minimum atomic E-state index is -2.68. The zero-order valence-corrected chi connectivity index (χ0v) is 21.6. The molecule has 1 aromatic rings. The third-order valence-corrected chi connectivity index (χ3v) is 12.0. The molecule has 11 heteroatoms. The molecule has 0 amide bonds. The highest BCUT2D eigenvalue weighted by Gasteiger charge is 2.99. The monoisotopic (exact) mass is 532 g/mol. The van der Waals surface area contributed by atoms with E-state index < -0.39 is 92.9 Å². The Labute approximate surface area is 218 Å². The van der Waals surface area contributed by atoms with Gasteiger partial charge in [-0.25, -0.2) is 4.79 Å². The van der Waals surface area contributed by atoms with Crippen LogP contribution in [0.5, 0.6) is 0 Å². The van der Waals surface area contributed by atoms with Crippen LogP contribution in [0.1, 0.15) is 58.1 Å². The quantitative estimate of drug-likeness (QED) is 0.397. The number of carbonyl (C=O) groups is 3. The van der Waals surface area contributed by atoms with Gasteiger partial charge in [0.1, 0.15) is 17.3 Å². The van der Waals surface area contributed by atoms with Crippen LogP contribution in [0.15, 0.2) is 23.0 Å². The van der Waals surface area contributed by atoms with E-state index >= 15 is 0 Å². The van der Waals surface area contributed by atoms with Crippen molar-refractivity contribution in [2.45, 2.75) is 81.3 Å². The maximum absolute atomic E-state index is 14.3. The van der Waals surface area contributed by atoms with E-state index in [9.17, 15) is 34.8 Å². The van der Waals surface area contributed by atoms with Crippen molar-refractivity contribution >= 4 is 17.7 Å². The van der Waals surface area contributed by atoms with Crippen LogP contribution in [0.25, 0.3) is 0 Å². The number of cyclic esters (lactones) is 1. The molecule has 4 aliphatic carbocycles. The van der Waals surface area contributed by atoms with Gasteiger partial charge in [-0.15, -0.1) is 0 Å². The molecular weight excluding hydrogens is 500 g/mol. The average molecular weight is 533 g/mol. The van der Waals surface area contributed by atoms with E-state index in [2.05, 4.69) is 0 Å². The highest BCUT2D eigenvalue weighted by Crippen LogP contribution is 2.86. The fourth-order valence-electron chi connectivity index (χ4n) is 10.9. The third-order valence-electron chi connectivity index (χ3n) is 12.0. The van der Waals surface area contributed by atoms with Crippen LogP contribution in [0.2, 0.25) is 0 Å². The molecule has 10 unspecified atom stereocenters. The van der Waals surface area contributed by atoms with Gasteiger partial charge < -0.3 is 39.1 Å². The van der Waals surface area contributed by atoms with E-state index in [0.29, 0.717) is 12.0 Å². The topological polar surface area (TPSA) is 173 Å². The maximum atomic E-state index is 14.3. The zero-order valence-electron chi connectivity index (χ0n) is 21.6. The van der Waals surface area contributed by atoms with E-state index in [1.807, 2.05) is 0 Å². The summed E-state index contributed by atoms with van der Waals surface area (Å²) < 4.78 is 22.3. The molecule has 4 saturated carbocycles. The molecule has 6 aliphatic rings. The lowest BCUT2D eigenvalue weighted by Gasteiger charge is -2.63. The molecule has 1 spiro atoms. The van der Waals surface area contributed by atoms with Gasteiger partial charge >= 0.3 is 11.9 Å². The molecule has 6 fully saturated rings. The Kier molecular flexibility index (Phi) is 4.24. The fourth-order valence-corrected chi connectivity index (χ4v) is 10.9. The number of fused-ring (bicyclic) bond motifs is 2. The number of aliphatic hydroxyl groups is 4. The van der Waals surface area contributed by atoms with E-state index in [4.69, 9.17) is 18.6 Å². The Morgan fingerprint density at radius 2 is 1.89 bits per heavy atom. The van der Waals surface area contributed by atoms with E-state index in [1.165, 1.54) is 19.5 Å². The zero-order chi connectivity index (χ0) is 27.5. The number of hydrogen-bond donors (Lipinski definition) is 4. The summed E-state index contributed by atoms with van der Waals surface area (Å²) in [6.45, 7) is 4.97. The molecule has 38 heavy (non-hydrogen) atoms. The molecule has 2 aliphatic heterocycles. The van der Waals surface area contributed by atoms with Crippen molar-refractivity contribution in [3.05, 3.63) is 24.2 Å². The van der Waals surface area contributed by atoms with E-state index in [1.54, 1.807) is 19.9 Å². The van der Waals surface area contributed by atoms with Crippen molar-refractivity contribution in [1.82, 2.24) is 0 Å². The average Bonchev–Trinajstić information content (AvgIpc) is 3.51. The highest BCUT2D eigenvalue weighted by atomic mass is 16.7. The Morgan fingerprint density at radius 1 is 1.18 bits per heavy atom. The normalized spacial score (nSPS) is 56.4. The van der Waals surface area contributed by atoms with Gasteiger partial charge in [-0.1, -0.05) is 20.8 Å². The predicted octanol–water partition coefficient (Wildman–Crippen LogP) is 0.383. The number of aliphatic hydroxyl groups excluding tert-OH is 1. The number of furan rings is 1. The van der Waals surface area contributed by atoms with Crippen LogP contribution in [-0.2, 0) is 28.6 Å². The second kappa shape index (κ2) is 6.52. The van der Waals surface area contributed by atoms with Crippen molar-refractivity contribution in [2.24, 2.45) is 34.0 Å². The Hall–Kier alpha value is -2.31. The van der Waals surface area contributed by atoms with Crippen LogP contribution in [0, 0.1) is 34.0 Å². The Morgan fingerprint density at radius 3 is 2.53 bits per heavy atom. The van der Waals surface area contributed by atoms with Crippen molar-refractivity contribution in [2.75, 3.05) is 7.11 Å². The van der Waals surface area contributed by atoms with E-state index in [0.717, 1.165) is 7.11 Å². The number of Topliss-reactive ketones (excluding diaryl/α,β-unsaturated/α-hetero) is 1. The number of hydrogen-bond acceptors (Lipinski definition) is 11. The maximum Gasteiger partial charge on any atom is 0.335 e. The van der Waals surface area contributed by atoms with Crippen LogP contribution in [0.4, 0.5) is 0 Å². The third kappa shape index (κ3) is 2.04. The Bertz CT molecular complexity index is 1290. The van der Waals surface area contributed by atoms with Crippen molar-refractivity contribution < 1.29 is 53.4 Å². The summed E-state index contributed by atoms with van der Waals surface area (Å²) in [5.74, 6) is -8.75. The lowest BCUT2D eigenvalue weighted by Crippen LogP contribution is -2.72. The first-order chi connectivity index (χ1) is 17.6. The lowest BCUT2D eigenvalue weighted by molar-refractivity contribution is -0.324. The van der Waals surface area contributed by atoms with Crippen LogP contribution in [-0.4, -0.2) is 74.0 Å². The van der Waals surface area contributed by atoms with Crippen LogP contribution >= 0.6 is 0 Å². The summed E-state index contributed by atoms with van der Waals surface area (Å²) >= 11 is 0. The highest BCUT2D eigenvalue weighted by molar-refractivity contribution is 5.96. The summed E-state index contributed by atoms with van der Waals surface area (Å²) in [5, 5.41) is 49.0. The molecule has 0 radical (unpaired) electrons. The lowest BCUT2D eigenvalue weighted by atomic mass is 9.45. The number of esters is 2. The van der Waals surface area contributed by atoms with Gasteiger partial charge in [-0.3, -0.25) is 9.59 Å². The first-order valence-corrected chi connectivity index (χ1v) is 13.0. The molecule has 3 heterocycles. The standard InChI is InChI=1S/C27H32O11/c1-21-11-24(32)19-26(33)13(23(24,3)16(21)15(29)18(30)35-4)5-7-22(2)17(12-6-8-36-10-12)37-14(28)9-25(22,26)38-27(19,34)20(21)31/h6,8,10,13,15-17,19,29,32-34H,5,7,9,11H2,1-4H3/t13?,15-,16-,17?,19?,21?,22?,23?,24?,25?,26?,27?/m0/s1. The molecule has 12 atom stereocenters. The second-order valence-electron chi connectivity index (χ2n) is 13.1. The number of ether oxygens (including phenoxy) is 3. The summed E-state index contributed by atoms with van der Waals surface area (Å²) in [6, 6.07) is 1.65. The van der Waals surface area contributed by atoms with Crippen molar-refractivity contribution in [3.8, 4) is 0 Å². The van der Waals surface area contributed by atoms with Gasteiger partial charge in [-0.2, -0.15) is 0 Å². The van der Waals surface area contributed by atoms with Gasteiger partial charge in [0.15, 0.2) is 11.9 Å². The summed E-state index contributed by atoms with van der Waals surface area (Å²) in [4.78, 5) is 40.2. The van der Waals surface area contributed by atoms with Gasteiger partial charge in [0.05, 0.1) is 37.6 Å². The molecule has 1 aromatic heterocycles. The molecule has 206 valence electrons. The Balaban J connectivity index is 1.52. The fraction of sp³-hybridized carbons (Fsp3) is 0.741. The largest absolute Gasteiger partial charge is 0.472 e. The van der Waals surface area contributed by atoms with Gasteiger partial charge in [0.25, 0.3) is 0 Å². The molecule has 2 saturated heterocycles. The molecule has 7 rings (SSSR count). The first-order valence-electron chi connectivity index (χ1n) is 13.0. The van der Waals surface area contributed by atoms with Crippen molar-refractivity contribution in [1.29, 1.82) is 0 Å². The number of ketones is 1. The molecule has 2 bridgehead atoms. The van der Waals surface area contributed by atoms with Gasteiger partial charge in [0.2, 0.25) is 5.79 Å². The first kappa shape index (κ1) is 24.7. The minimum Gasteiger partial charge on any atom is -0.472 e. The summed E-state index contributed by atoms with van der Waals surface area (Å²) in [6.07, 6.45) is 0.0892. The van der Waals surface area contributed by atoms with Gasteiger partial charge in [0, 0.05) is 27.7 Å². The van der Waals surface area contributed by atoms with Gasteiger partial charge in [-0.05, 0) is 31.2 Å². The number of carbonyl (C=O) groups excluding carboxylic acids is 3. The smallest absolute Gasteiger partial charge is 0.335 e. The molecule has 4 N–H and O–H groups in total. The van der Waals surface area contributed by atoms with Crippen LogP contribution < -0.4 is 0 Å².